The number of carbonyl (C=O) groups excluding carboxylic acids is 1. The van der Waals surface area contributed by atoms with Gasteiger partial charge in [0.25, 0.3) is 0 Å². The second-order valence-electron chi connectivity index (χ2n) is 15.7. The number of pyridine rings is 1. The number of carbonyl (C=O) groups is 1. The maximum Gasteiger partial charge on any atom is 0.250 e. The van der Waals surface area contributed by atoms with E-state index in [1.165, 1.54) is 6.20 Å². The molecular formula is C29H56N2O5Si3. The van der Waals surface area contributed by atoms with Crippen molar-refractivity contribution in [3.05, 3.63) is 29.6 Å². The molecular weight excluding hydrogens is 541 g/mol. The van der Waals surface area contributed by atoms with E-state index in [1.807, 2.05) is 6.07 Å². The van der Waals surface area contributed by atoms with Crippen molar-refractivity contribution in [2.45, 2.75) is 141 Å². The Labute approximate surface area is 241 Å². The molecule has 1 fully saturated rings. The zero-order chi connectivity index (χ0) is 30.4. The molecule has 0 aliphatic carbocycles. The maximum atomic E-state index is 11.7. The summed E-state index contributed by atoms with van der Waals surface area (Å²) in [7, 11) is -6.49. The first-order valence-corrected chi connectivity index (χ1v) is 22.9. The zero-order valence-corrected chi connectivity index (χ0v) is 30.3. The highest BCUT2D eigenvalue weighted by Gasteiger charge is 2.55. The summed E-state index contributed by atoms with van der Waals surface area (Å²) in [5.74, 6) is -0.504. The Kier molecular flexibility index (Phi) is 10.0. The van der Waals surface area contributed by atoms with Crippen LogP contribution in [0.4, 0.5) is 0 Å². The van der Waals surface area contributed by atoms with Gasteiger partial charge in [-0.15, -0.1) is 0 Å². The van der Waals surface area contributed by atoms with E-state index < -0.39 is 37.0 Å². The van der Waals surface area contributed by atoms with Crippen LogP contribution in [-0.2, 0) is 18.0 Å². The quantitative estimate of drug-likeness (QED) is 0.298. The van der Waals surface area contributed by atoms with Gasteiger partial charge in [-0.2, -0.15) is 0 Å². The van der Waals surface area contributed by atoms with Crippen molar-refractivity contribution in [3.8, 4) is 0 Å². The molecule has 0 saturated carbocycles. The number of hydrogen-bond donors (Lipinski definition) is 1. The predicted molar refractivity (Wildman–Crippen MR) is 168 cm³/mol. The molecule has 4 atom stereocenters. The summed E-state index contributed by atoms with van der Waals surface area (Å²) >= 11 is 0. The third kappa shape index (κ3) is 7.90. The normalized spacial score (nSPS) is 23.8. The van der Waals surface area contributed by atoms with Gasteiger partial charge < -0.3 is 23.7 Å². The number of primary amides is 1. The van der Waals surface area contributed by atoms with Crippen LogP contribution in [0.2, 0.25) is 54.4 Å². The van der Waals surface area contributed by atoms with Gasteiger partial charge in [0, 0.05) is 6.20 Å². The highest BCUT2D eigenvalue weighted by atomic mass is 28.4. The number of hydrogen-bond acceptors (Lipinski definition) is 6. The molecule has 224 valence electrons. The van der Waals surface area contributed by atoms with Gasteiger partial charge in [-0.1, -0.05) is 62.3 Å². The van der Waals surface area contributed by atoms with Crippen molar-refractivity contribution < 1.29 is 22.8 Å². The van der Waals surface area contributed by atoms with Crippen molar-refractivity contribution >= 4 is 30.9 Å². The van der Waals surface area contributed by atoms with Gasteiger partial charge in [-0.3, -0.25) is 9.78 Å². The van der Waals surface area contributed by atoms with Crippen LogP contribution in [0.25, 0.3) is 0 Å². The average molecular weight is 597 g/mol. The van der Waals surface area contributed by atoms with Crippen LogP contribution in [0.3, 0.4) is 0 Å². The van der Waals surface area contributed by atoms with Crippen LogP contribution in [-0.4, -0.2) is 60.8 Å². The van der Waals surface area contributed by atoms with E-state index in [0.29, 0.717) is 17.9 Å². The summed E-state index contributed by atoms with van der Waals surface area (Å²) in [6, 6.07) is 3.54. The van der Waals surface area contributed by atoms with Crippen LogP contribution >= 0.6 is 0 Å². The highest BCUT2D eigenvalue weighted by Crippen LogP contribution is 2.47. The van der Waals surface area contributed by atoms with Gasteiger partial charge in [0.15, 0.2) is 25.0 Å². The largest absolute Gasteiger partial charge is 0.414 e. The van der Waals surface area contributed by atoms with Crippen molar-refractivity contribution in [1.29, 1.82) is 0 Å². The predicted octanol–water partition coefficient (Wildman–Crippen LogP) is 7.42. The minimum absolute atomic E-state index is 0.00193. The lowest BCUT2D eigenvalue weighted by molar-refractivity contribution is -0.0186. The van der Waals surface area contributed by atoms with E-state index in [0.717, 1.165) is 0 Å². The number of amides is 1. The molecule has 0 unspecified atom stereocenters. The fourth-order valence-corrected chi connectivity index (χ4v) is 7.26. The molecule has 7 nitrogen and oxygen atoms in total. The van der Waals surface area contributed by atoms with Crippen molar-refractivity contribution in [2.75, 3.05) is 6.61 Å². The Hall–Kier alpha value is -0.889. The second-order valence-corrected chi connectivity index (χ2v) is 30.0. The van der Waals surface area contributed by atoms with E-state index in [9.17, 15) is 4.79 Å². The minimum Gasteiger partial charge on any atom is -0.414 e. The Bertz CT molecular complexity index is 992. The Morgan fingerprint density at radius 3 is 1.67 bits per heavy atom. The molecule has 39 heavy (non-hydrogen) atoms. The number of nitrogens with zero attached hydrogens (tertiary/aromatic N) is 1. The molecule has 0 bridgehead atoms. The Balaban J connectivity index is 2.61. The van der Waals surface area contributed by atoms with E-state index in [4.69, 9.17) is 23.7 Å². The molecule has 1 aromatic heterocycles. The number of aromatic nitrogens is 1. The first-order chi connectivity index (χ1) is 17.3. The molecule has 1 saturated heterocycles. The van der Waals surface area contributed by atoms with Crippen molar-refractivity contribution in [2.24, 2.45) is 5.73 Å². The summed E-state index contributed by atoms with van der Waals surface area (Å²) in [6.45, 7) is 34.2. The lowest BCUT2D eigenvalue weighted by atomic mass is 10.0. The molecule has 0 aromatic carbocycles. The van der Waals surface area contributed by atoms with E-state index in [2.05, 4.69) is 107 Å². The average Bonchev–Trinajstić information content (AvgIpc) is 3.06. The fraction of sp³-hybridized carbons (Fsp3) is 0.793. The lowest BCUT2D eigenvalue weighted by Crippen LogP contribution is -2.54. The van der Waals surface area contributed by atoms with Crippen LogP contribution < -0.4 is 5.73 Å². The summed E-state index contributed by atoms with van der Waals surface area (Å²) in [6.07, 6.45) is 0.0787. The van der Waals surface area contributed by atoms with Crippen molar-refractivity contribution in [1.82, 2.24) is 4.98 Å². The lowest BCUT2D eigenvalue weighted by Gasteiger charge is -2.44. The van der Waals surface area contributed by atoms with E-state index >= 15 is 0 Å². The zero-order valence-electron chi connectivity index (χ0n) is 27.3. The Morgan fingerprint density at radius 1 is 0.821 bits per heavy atom. The standard InChI is InChI=1S/C29H56N2O5Si3/c1-27(2,3)37(10,11)33-19-22-24(35-38(12,13)28(4,5)6)25(36-39(14,15)29(7,8)9)23(34-22)21-17-16-20(18-31-21)26(30)32/h16-18,22-25H,19H2,1-15H3,(H2,30,32)/t22-,23+,24-,25+/m1/s1. The molecule has 10 heteroatoms. The van der Waals surface area contributed by atoms with E-state index in [1.54, 1.807) is 6.07 Å². The molecule has 1 aliphatic heterocycles. The van der Waals surface area contributed by atoms with Crippen LogP contribution in [0.5, 0.6) is 0 Å². The molecule has 1 aliphatic rings. The van der Waals surface area contributed by atoms with Crippen LogP contribution in [0.15, 0.2) is 18.3 Å². The third-order valence-corrected chi connectivity index (χ3v) is 23.0. The fourth-order valence-electron chi connectivity index (χ4n) is 3.63. The number of rotatable bonds is 9. The molecule has 2 N–H and O–H groups in total. The third-order valence-electron chi connectivity index (χ3n) is 9.56. The minimum atomic E-state index is -2.23. The van der Waals surface area contributed by atoms with Gasteiger partial charge >= 0.3 is 0 Å². The Morgan fingerprint density at radius 2 is 1.28 bits per heavy atom. The van der Waals surface area contributed by atoms with E-state index in [-0.39, 0.29) is 33.4 Å². The second kappa shape index (κ2) is 11.4. The summed E-state index contributed by atoms with van der Waals surface area (Å²) in [5.41, 5.74) is 6.56. The molecule has 2 rings (SSSR count). The summed E-state index contributed by atoms with van der Waals surface area (Å²) in [4.78, 5) is 16.3. The van der Waals surface area contributed by atoms with Gasteiger partial charge in [0.1, 0.15) is 24.4 Å². The van der Waals surface area contributed by atoms with Gasteiger partial charge in [-0.25, -0.2) is 0 Å². The number of nitrogens with two attached hydrogens (primary N) is 1. The van der Waals surface area contributed by atoms with Crippen molar-refractivity contribution in [3.63, 3.8) is 0 Å². The topological polar surface area (TPSA) is 92.9 Å². The first-order valence-electron chi connectivity index (χ1n) is 14.2. The number of ether oxygens (including phenoxy) is 1. The molecule has 1 aromatic rings. The maximum absolute atomic E-state index is 11.7. The van der Waals surface area contributed by atoms with Crippen LogP contribution in [0.1, 0.15) is 84.5 Å². The molecule has 2 heterocycles. The van der Waals surface area contributed by atoms with Gasteiger partial charge in [-0.05, 0) is 66.5 Å². The van der Waals surface area contributed by atoms with Gasteiger partial charge in [0.05, 0.1) is 17.9 Å². The van der Waals surface area contributed by atoms with Gasteiger partial charge in [0.2, 0.25) is 5.91 Å². The first kappa shape index (κ1) is 34.3. The summed E-state index contributed by atoms with van der Waals surface area (Å²) < 4.78 is 27.8. The molecule has 0 spiro atoms. The highest BCUT2D eigenvalue weighted by molar-refractivity contribution is 6.75. The summed E-state index contributed by atoms with van der Waals surface area (Å²) in [5, 5.41) is 0.0842. The molecule has 0 radical (unpaired) electrons. The SMILES string of the molecule is CC(C)(C)[Si](C)(C)OC[C@H]1O[C@@H](c2ccc(C(N)=O)cn2)[C@H](O[Si](C)(C)C(C)(C)C)[C@@H]1O[Si](C)(C)C(C)(C)C. The molecule has 1 amide bonds. The van der Waals surface area contributed by atoms with Crippen LogP contribution in [0, 0.1) is 0 Å². The monoisotopic (exact) mass is 596 g/mol. The smallest absolute Gasteiger partial charge is 0.250 e.